The molecule has 0 aromatic carbocycles. The van der Waals surface area contributed by atoms with Gasteiger partial charge in [-0.05, 0) is 66.8 Å². The number of halogens is 2. The maximum Gasteiger partial charge on any atom is 0.227 e. The second-order valence-corrected chi connectivity index (χ2v) is 7.65. The van der Waals surface area contributed by atoms with Gasteiger partial charge in [-0.25, -0.2) is 0 Å². The maximum atomic E-state index is 12.2. The van der Waals surface area contributed by atoms with Gasteiger partial charge < -0.3 is 10.2 Å². The van der Waals surface area contributed by atoms with Crippen molar-refractivity contribution in [3.05, 3.63) is 20.8 Å². The zero-order chi connectivity index (χ0) is 13.7. The highest BCUT2D eigenvalue weighted by molar-refractivity contribution is 9.11. The molecular formula is C14H22BrClN2OS. The molecule has 0 aliphatic carbocycles. The van der Waals surface area contributed by atoms with E-state index in [0.717, 1.165) is 47.1 Å². The van der Waals surface area contributed by atoms with Crippen molar-refractivity contribution in [3.8, 4) is 0 Å². The van der Waals surface area contributed by atoms with Crippen LogP contribution in [0.1, 0.15) is 24.1 Å². The van der Waals surface area contributed by atoms with Crippen molar-refractivity contribution in [1.29, 1.82) is 0 Å². The second kappa shape index (κ2) is 9.03. The van der Waals surface area contributed by atoms with E-state index in [1.807, 2.05) is 24.1 Å². The summed E-state index contributed by atoms with van der Waals surface area (Å²) in [5.41, 5.74) is 0. The van der Waals surface area contributed by atoms with Crippen molar-refractivity contribution in [2.75, 3.05) is 26.7 Å². The molecule has 2 rings (SSSR count). The van der Waals surface area contributed by atoms with Crippen molar-refractivity contribution < 1.29 is 4.79 Å². The molecule has 0 atom stereocenters. The highest BCUT2D eigenvalue weighted by atomic mass is 79.9. The molecule has 1 fully saturated rings. The molecule has 0 bridgehead atoms. The molecule has 1 aliphatic rings. The molecule has 6 heteroatoms. The largest absolute Gasteiger partial charge is 0.342 e. The zero-order valence-electron chi connectivity index (χ0n) is 11.7. The van der Waals surface area contributed by atoms with E-state index < -0.39 is 0 Å². The Morgan fingerprint density at radius 1 is 1.45 bits per heavy atom. The first-order valence-corrected chi connectivity index (χ1v) is 8.46. The summed E-state index contributed by atoms with van der Waals surface area (Å²) in [7, 11) is 2.00. The van der Waals surface area contributed by atoms with E-state index in [9.17, 15) is 4.79 Å². The predicted molar refractivity (Wildman–Crippen MR) is 90.8 cm³/mol. The van der Waals surface area contributed by atoms with Crippen LogP contribution in [0.5, 0.6) is 0 Å². The fraction of sp³-hybridized carbons (Fsp3) is 0.643. The maximum absolute atomic E-state index is 12.2. The van der Waals surface area contributed by atoms with Crippen LogP contribution in [0.25, 0.3) is 0 Å². The third-order valence-corrected chi connectivity index (χ3v) is 5.35. The quantitative estimate of drug-likeness (QED) is 0.848. The summed E-state index contributed by atoms with van der Waals surface area (Å²) in [6.07, 6.45) is 4.09. The molecule has 1 aromatic heterocycles. The Morgan fingerprint density at radius 2 is 2.15 bits per heavy atom. The van der Waals surface area contributed by atoms with Gasteiger partial charge in [0.25, 0.3) is 0 Å². The van der Waals surface area contributed by atoms with Crippen molar-refractivity contribution in [2.24, 2.45) is 5.92 Å². The third-order valence-electron chi connectivity index (χ3n) is 3.72. The first-order valence-electron chi connectivity index (χ1n) is 6.85. The van der Waals surface area contributed by atoms with E-state index in [4.69, 9.17) is 0 Å². The molecule has 1 aromatic rings. The molecule has 20 heavy (non-hydrogen) atoms. The average Bonchev–Trinajstić information content (AvgIpc) is 2.82. The fourth-order valence-corrected chi connectivity index (χ4v) is 4.00. The number of piperidine rings is 1. The highest BCUT2D eigenvalue weighted by Gasteiger charge is 2.22. The summed E-state index contributed by atoms with van der Waals surface area (Å²) in [6, 6.07) is 4.05. The lowest BCUT2D eigenvalue weighted by Gasteiger charge is -2.32. The molecule has 1 amide bonds. The van der Waals surface area contributed by atoms with Crippen molar-refractivity contribution in [1.82, 2.24) is 10.2 Å². The van der Waals surface area contributed by atoms with Gasteiger partial charge in [0.05, 0.1) is 10.2 Å². The molecular weight excluding hydrogens is 360 g/mol. The van der Waals surface area contributed by atoms with E-state index in [1.165, 1.54) is 6.42 Å². The van der Waals surface area contributed by atoms with Gasteiger partial charge in [-0.15, -0.1) is 23.7 Å². The van der Waals surface area contributed by atoms with Gasteiger partial charge in [0.2, 0.25) is 5.91 Å². The van der Waals surface area contributed by atoms with Crippen LogP contribution in [0.2, 0.25) is 0 Å². The number of amides is 1. The topological polar surface area (TPSA) is 32.3 Å². The Hall–Kier alpha value is -0.100. The summed E-state index contributed by atoms with van der Waals surface area (Å²) >= 11 is 5.09. The number of nitrogens with zero attached hydrogens (tertiary/aromatic N) is 1. The van der Waals surface area contributed by atoms with Crippen LogP contribution in [-0.2, 0) is 11.2 Å². The number of carbonyl (C=O) groups is 1. The number of hydrogen-bond donors (Lipinski definition) is 1. The Kier molecular flexibility index (Phi) is 8.10. The Balaban J connectivity index is 0.00000200. The number of nitrogens with one attached hydrogen (secondary N) is 1. The minimum Gasteiger partial charge on any atom is -0.342 e. The summed E-state index contributed by atoms with van der Waals surface area (Å²) in [5.74, 6) is 1.06. The molecule has 1 N–H and O–H groups in total. The first-order chi connectivity index (χ1) is 9.19. The molecule has 114 valence electrons. The van der Waals surface area contributed by atoms with E-state index in [1.54, 1.807) is 11.3 Å². The lowest BCUT2D eigenvalue weighted by molar-refractivity contribution is -0.131. The first kappa shape index (κ1) is 18.0. The van der Waals surface area contributed by atoms with Gasteiger partial charge in [-0.1, -0.05) is 0 Å². The van der Waals surface area contributed by atoms with E-state index in [2.05, 4.69) is 21.2 Å². The minimum atomic E-state index is 0. The molecule has 0 unspecified atom stereocenters. The van der Waals surface area contributed by atoms with Crippen molar-refractivity contribution in [3.63, 3.8) is 0 Å². The molecule has 0 spiro atoms. The van der Waals surface area contributed by atoms with Crippen LogP contribution in [-0.4, -0.2) is 37.5 Å². The van der Waals surface area contributed by atoms with Gasteiger partial charge in [0, 0.05) is 18.0 Å². The summed E-state index contributed by atoms with van der Waals surface area (Å²) < 4.78 is 1.10. The molecule has 0 saturated carbocycles. The SMILES string of the molecule is CNCCC1CCN(C(=O)Cc2ccc(Br)s2)CC1.Cl. The van der Waals surface area contributed by atoms with Crippen molar-refractivity contribution in [2.45, 2.75) is 25.7 Å². The van der Waals surface area contributed by atoms with Crippen LogP contribution < -0.4 is 5.32 Å². The lowest BCUT2D eigenvalue weighted by Crippen LogP contribution is -2.39. The molecule has 1 aliphatic heterocycles. The van der Waals surface area contributed by atoms with Crippen LogP contribution >= 0.6 is 39.7 Å². The summed E-state index contributed by atoms with van der Waals surface area (Å²) in [4.78, 5) is 15.4. The molecule has 2 heterocycles. The monoisotopic (exact) mass is 380 g/mol. The molecule has 3 nitrogen and oxygen atoms in total. The smallest absolute Gasteiger partial charge is 0.227 e. The molecule has 0 radical (unpaired) electrons. The van der Waals surface area contributed by atoms with Gasteiger partial charge in [-0.2, -0.15) is 0 Å². The Labute approximate surface area is 139 Å². The van der Waals surface area contributed by atoms with Gasteiger partial charge >= 0.3 is 0 Å². The van der Waals surface area contributed by atoms with Crippen molar-refractivity contribution >= 4 is 45.6 Å². The van der Waals surface area contributed by atoms with E-state index in [-0.39, 0.29) is 18.3 Å². The lowest BCUT2D eigenvalue weighted by atomic mass is 9.93. The Bertz CT molecular complexity index is 419. The third kappa shape index (κ3) is 5.35. The van der Waals surface area contributed by atoms with Crippen LogP contribution in [0, 0.1) is 5.92 Å². The minimum absolute atomic E-state index is 0. The number of hydrogen-bond acceptors (Lipinski definition) is 3. The van der Waals surface area contributed by atoms with Crippen LogP contribution in [0.15, 0.2) is 15.9 Å². The number of rotatable bonds is 5. The van der Waals surface area contributed by atoms with Gasteiger partial charge in [0.1, 0.15) is 0 Å². The Morgan fingerprint density at radius 3 is 2.70 bits per heavy atom. The summed E-state index contributed by atoms with van der Waals surface area (Å²) in [5, 5.41) is 3.20. The van der Waals surface area contributed by atoms with Gasteiger partial charge in [-0.3, -0.25) is 4.79 Å². The number of carbonyl (C=O) groups excluding carboxylic acids is 1. The highest BCUT2D eigenvalue weighted by Crippen LogP contribution is 2.24. The van der Waals surface area contributed by atoms with Gasteiger partial charge in [0.15, 0.2) is 0 Å². The average molecular weight is 382 g/mol. The van der Waals surface area contributed by atoms with E-state index in [0.29, 0.717) is 6.42 Å². The normalized spacial score (nSPS) is 16.0. The number of likely N-dealkylation sites (tertiary alicyclic amines) is 1. The van der Waals surface area contributed by atoms with Crippen LogP contribution in [0.4, 0.5) is 0 Å². The predicted octanol–water partition coefficient (Wildman–Crippen LogP) is 3.32. The number of thiophene rings is 1. The summed E-state index contributed by atoms with van der Waals surface area (Å²) in [6.45, 7) is 2.95. The fourth-order valence-electron chi connectivity index (χ4n) is 2.53. The van der Waals surface area contributed by atoms with E-state index >= 15 is 0 Å². The standard InChI is InChI=1S/C14H21BrN2OS.ClH/c1-16-7-4-11-5-8-17(9-6-11)14(18)10-12-2-3-13(15)19-12;/h2-3,11,16H,4-10H2,1H3;1H. The zero-order valence-corrected chi connectivity index (χ0v) is 15.0. The van der Waals surface area contributed by atoms with Crippen LogP contribution in [0.3, 0.4) is 0 Å². The molecule has 1 saturated heterocycles. The second-order valence-electron chi connectivity index (χ2n) is 5.10.